The van der Waals surface area contributed by atoms with Crippen LogP contribution in [0.4, 0.5) is 0 Å². The molecule has 0 bridgehead atoms. The van der Waals surface area contributed by atoms with Gasteiger partial charge in [-0.15, -0.1) is 0 Å². The largest absolute Gasteiger partial charge is 0.468 e. The van der Waals surface area contributed by atoms with Crippen molar-refractivity contribution in [2.24, 2.45) is 11.7 Å². The van der Waals surface area contributed by atoms with Gasteiger partial charge in [-0.2, -0.15) is 11.8 Å². The molecule has 0 aliphatic heterocycles. The Morgan fingerprint density at radius 1 is 1.38 bits per heavy atom. The van der Waals surface area contributed by atoms with E-state index in [4.69, 9.17) is 10.2 Å². The fourth-order valence-electron chi connectivity index (χ4n) is 2.39. The molecule has 2 rings (SSSR count). The number of nitrogens with two attached hydrogens (primary N) is 1. The summed E-state index contributed by atoms with van der Waals surface area (Å²) in [6, 6.07) is 4.34. The van der Waals surface area contributed by atoms with Gasteiger partial charge in [0.2, 0.25) is 0 Å². The van der Waals surface area contributed by atoms with Gasteiger partial charge in [0.05, 0.1) is 12.0 Å². The van der Waals surface area contributed by atoms with E-state index in [2.05, 4.69) is 0 Å². The van der Waals surface area contributed by atoms with E-state index in [1.807, 2.05) is 23.9 Å². The van der Waals surface area contributed by atoms with Crippen molar-refractivity contribution in [2.75, 3.05) is 5.75 Å². The minimum atomic E-state index is 0.375. The molecule has 90 valence electrons. The monoisotopic (exact) mass is 239 g/mol. The summed E-state index contributed by atoms with van der Waals surface area (Å²) in [7, 11) is 0. The number of hydrogen-bond acceptors (Lipinski definition) is 3. The Hall–Kier alpha value is -0.410. The molecule has 0 saturated heterocycles. The van der Waals surface area contributed by atoms with Crippen molar-refractivity contribution in [1.82, 2.24) is 0 Å². The second-order valence-electron chi connectivity index (χ2n) is 4.66. The molecule has 0 aromatic carbocycles. The fourth-order valence-corrected chi connectivity index (χ4v) is 3.42. The van der Waals surface area contributed by atoms with Crippen molar-refractivity contribution in [3.8, 4) is 0 Å². The Balaban J connectivity index is 1.65. The van der Waals surface area contributed by atoms with Crippen LogP contribution < -0.4 is 5.73 Å². The van der Waals surface area contributed by atoms with Crippen molar-refractivity contribution in [3.63, 3.8) is 0 Å². The van der Waals surface area contributed by atoms with Gasteiger partial charge < -0.3 is 10.2 Å². The lowest BCUT2D eigenvalue weighted by atomic mass is 9.85. The minimum absolute atomic E-state index is 0.375. The van der Waals surface area contributed by atoms with E-state index in [0.29, 0.717) is 6.04 Å². The van der Waals surface area contributed by atoms with Gasteiger partial charge in [0, 0.05) is 11.8 Å². The number of hydrogen-bond donors (Lipinski definition) is 1. The molecular formula is C13H21NOS. The van der Waals surface area contributed by atoms with Gasteiger partial charge in [-0.25, -0.2) is 0 Å². The highest BCUT2D eigenvalue weighted by molar-refractivity contribution is 7.98. The van der Waals surface area contributed by atoms with Crippen LogP contribution in [0.15, 0.2) is 22.8 Å². The third-order valence-electron chi connectivity index (χ3n) is 3.39. The zero-order valence-corrected chi connectivity index (χ0v) is 10.5. The van der Waals surface area contributed by atoms with E-state index < -0.39 is 0 Å². The molecule has 1 atom stereocenters. The summed E-state index contributed by atoms with van der Waals surface area (Å²) in [5, 5.41) is 0. The van der Waals surface area contributed by atoms with Crippen LogP contribution in [0.2, 0.25) is 0 Å². The summed E-state index contributed by atoms with van der Waals surface area (Å²) in [6.45, 7) is 0. The molecule has 3 heteroatoms. The maximum atomic E-state index is 6.24. The van der Waals surface area contributed by atoms with Gasteiger partial charge in [-0.05, 0) is 30.9 Å². The van der Waals surface area contributed by atoms with Crippen LogP contribution in [-0.4, -0.2) is 11.8 Å². The first kappa shape index (κ1) is 12.1. The SMILES string of the molecule is NC(CSCc1ccco1)C1CCCCC1. The summed E-state index contributed by atoms with van der Waals surface area (Å²) >= 11 is 1.89. The van der Waals surface area contributed by atoms with E-state index in [1.165, 1.54) is 32.1 Å². The molecule has 0 spiro atoms. The van der Waals surface area contributed by atoms with Gasteiger partial charge >= 0.3 is 0 Å². The van der Waals surface area contributed by atoms with Crippen molar-refractivity contribution in [1.29, 1.82) is 0 Å². The highest BCUT2D eigenvalue weighted by Gasteiger charge is 2.20. The van der Waals surface area contributed by atoms with Crippen LogP contribution in [0.3, 0.4) is 0 Å². The van der Waals surface area contributed by atoms with E-state index >= 15 is 0 Å². The molecule has 1 aliphatic rings. The van der Waals surface area contributed by atoms with E-state index in [-0.39, 0.29) is 0 Å². The van der Waals surface area contributed by atoms with Gasteiger partial charge in [0.25, 0.3) is 0 Å². The smallest absolute Gasteiger partial charge is 0.113 e. The minimum Gasteiger partial charge on any atom is -0.468 e. The fraction of sp³-hybridized carbons (Fsp3) is 0.692. The van der Waals surface area contributed by atoms with E-state index in [9.17, 15) is 0 Å². The van der Waals surface area contributed by atoms with E-state index in [1.54, 1.807) is 6.26 Å². The van der Waals surface area contributed by atoms with Crippen molar-refractivity contribution in [3.05, 3.63) is 24.2 Å². The van der Waals surface area contributed by atoms with Crippen LogP contribution in [0.25, 0.3) is 0 Å². The van der Waals surface area contributed by atoms with Crippen LogP contribution in [0.1, 0.15) is 37.9 Å². The third kappa shape index (κ3) is 3.56. The number of rotatable bonds is 5. The molecule has 1 unspecified atom stereocenters. The predicted molar refractivity (Wildman–Crippen MR) is 69.4 cm³/mol. The van der Waals surface area contributed by atoms with Gasteiger partial charge in [0.15, 0.2) is 0 Å². The second-order valence-corrected chi connectivity index (χ2v) is 5.69. The molecule has 2 nitrogen and oxygen atoms in total. The highest BCUT2D eigenvalue weighted by Crippen LogP contribution is 2.27. The van der Waals surface area contributed by atoms with Crippen molar-refractivity contribution >= 4 is 11.8 Å². The van der Waals surface area contributed by atoms with Crippen molar-refractivity contribution < 1.29 is 4.42 Å². The lowest BCUT2D eigenvalue weighted by Gasteiger charge is -2.27. The molecular weight excluding hydrogens is 218 g/mol. The molecule has 1 aromatic heterocycles. The zero-order chi connectivity index (χ0) is 11.2. The summed E-state index contributed by atoms with van der Waals surface area (Å²) in [6.07, 6.45) is 8.56. The maximum Gasteiger partial charge on any atom is 0.113 e. The summed E-state index contributed by atoms with van der Waals surface area (Å²) < 4.78 is 5.30. The normalized spacial score (nSPS) is 19.8. The topological polar surface area (TPSA) is 39.2 Å². The Morgan fingerprint density at radius 3 is 2.88 bits per heavy atom. The second kappa shape index (κ2) is 6.36. The maximum absolute atomic E-state index is 6.24. The lowest BCUT2D eigenvalue weighted by Crippen LogP contribution is -2.33. The molecule has 1 aliphatic carbocycles. The predicted octanol–water partition coefficient (Wildman–Crippen LogP) is 3.42. The molecule has 2 N–H and O–H groups in total. The van der Waals surface area contributed by atoms with Gasteiger partial charge in [-0.1, -0.05) is 19.3 Å². The quantitative estimate of drug-likeness (QED) is 0.855. The average molecular weight is 239 g/mol. The molecule has 1 saturated carbocycles. The first-order valence-electron chi connectivity index (χ1n) is 6.22. The van der Waals surface area contributed by atoms with Crippen LogP contribution in [0, 0.1) is 5.92 Å². The van der Waals surface area contributed by atoms with Crippen LogP contribution >= 0.6 is 11.8 Å². The Morgan fingerprint density at radius 2 is 2.19 bits per heavy atom. The molecule has 1 fully saturated rings. The van der Waals surface area contributed by atoms with E-state index in [0.717, 1.165) is 23.2 Å². The van der Waals surface area contributed by atoms with Gasteiger partial charge in [-0.3, -0.25) is 0 Å². The Kier molecular flexibility index (Phi) is 4.79. The third-order valence-corrected chi connectivity index (χ3v) is 4.50. The number of furan rings is 1. The van der Waals surface area contributed by atoms with Crippen LogP contribution in [-0.2, 0) is 5.75 Å². The Bertz CT molecular complexity index is 280. The molecule has 16 heavy (non-hydrogen) atoms. The summed E-state index contributed by atoms with van der Waals surface area (Å²) in [5.74, 6) is 3.83. The Labute approximate surface area is 102 Å². The summed E-state index contributed by atoms with van der Waals surface area (Å²) in [4.78, 5) is 0. The summed E-state index contributed by atoms with van der Waals surface area (Å²) in [5.41, 5.74) is 6.24. The molecule has 1 heterocycles. The molecule has 0 amide bonds. The molecule has 0 radical (unpaired) electrons. The zero-order valence-electron chi connectivity index (χ0n) is 9.73. The number of thioether (sulfide) groups is 1. The lowest BCUT2D eigenvalue weighted by molar-refractivity contribution is 0.319. The standard InChI is InChI=1S/C13H21NOS/c14-13(11-5-2-1-3-6-11)10-16-9-12-7-4-8-15-12/h4,7-8,11,13H,1-3,5-6,9-10,14H2. The van der Waals surface area contributed by atoms with Crippen molar-refractivity contribution in [2.45, 2.75) is 43.9 Å². The van der Waals surface area contributed by atoms with Crippen LogP contribution in [0.5, 0.6) is 0 Å². The molecule has 1 aromatic rings. The first-order valence-corrected chi connectivity index (χ1v) is 7.37. The highest BCUT2D eigenvalue weighted by atomic mass is 32.2. The average Bonchev–Trinajstić information content (AvgIpc) is 2.83. The first-order chi connectivity index (χ1) is 7.86. The van der Waals surface area contributed by atoms with Gasteiger partial charge in [0.1, 0.15) is 5.76 Å².